The summed E-state index contributed by atoms with van der Waals surface area (Å²) in [6, 6.07) is 3.35. The molecular formula is C10H9NO4. The monoisotopic (exact) mass is 207 g/mol. The lowest BCUT2D eigenvalue weighted by atomic mass is 10.3. The fraction of sp³-hybridized carbons (Fsp3) is 0.200. The minimum atomic E-state index is -1.11. The smallest absolute Gasteiger partial charge is 0.373 e. The average Bonchev–Trinajstić information content (AvgIpc) is 2.86. The number of carboxylic acid groups (broad SMARTS) is 1. The molecule has 0 radical (unpaired) electrons. The molecule has 0 aliphatic carbocycles. The zero-order chi connectivity index (χ0) is 10.8. The number of rotatable bonds is 3. The fourth-order valence-electron chi connectivity index (χ4n) is 1.26. The van der Waals surface area contributed by atoms with Gasteiger partial charge in [0.05, 0.1) is 12.0 Å². The largest absolute Gasteiger partial charge is 0.475 e. The van der Waals surface area contributed by atoms with Crippen LogP contribution in [-0.2, 0) is 6.42 Å². The molecule has 78 valence electrons. The van der Waals surface area contributed by atoms with E-state index in [1.807, 2.05) is 6.92 Å². The minimum Gasteiger partial charge on any atom is -0.475 e. The number of aromatic nitrogens is 1. The average molecular weight is 207 g/mol. The van der Waals surface area contributed by atoms with Crippen LogP contribution in [0.3, 0.4) is 0 Å². The van der Waals surface area contributed by atoms with Crippen molar-refractivity contribution in [3.63, 3.8) is 0 Å². The number of carbonyl (C=O) groups is 1. The molecule has 0 fully saturated rings. The first-order chi connectivity index (χ1) is 7.22. The summed E-state index contributed by atoms with van der Waals surface area (Å²) in [6.07, 6.45) is 1.98. The number of hydrogen-bond donors (Lipinski definition) is 1. The van der Waals surface area contributed by atoms with E-state index in [4.69, 9.17) is 13.9 Å². The SMILES string of the molecule is CCc1nc(-c2ccco2)oc1C(=O)O. The Labute approximate surface area is 85.3 Å². The highest BCUT2D eigenvalue weighted by molar-refractivity contribution is 5.86. The second-order valence-electron chi connectivity index (χ2n) is 2.93. The Morgan fingerprint density at radius 2 is 2.40 bits per heavy atom. The van der Waals surface area contributed by atoms with Crippen molar-refractivity contribution >= 4 is 5.97 Å². The van der Waals surface area contributed by atoms with Gasteiger partial charge < -0.3 is 13.9 Å². The van der Waals surface area contributed by atoms with Crippen molar-refractivity contribution in [3.8, 4) is 11.7 Å². The second kappa shape index (κ2) is 3.61. The highest BCUT2D eigenvalue weighted by Gasteiger charge is 2.19. The van der Waals surface area contributed by atoms with Crippen LogP contribution in [0.1, 0.15) is 23.2 Å². The molecule has 2 heterocycles. The second-order valence-corrected chi connectivity index (χ2v) is 2.93. The van der Waals surface area contributed by atoms with Gasteiger partial charge in [-0.15, -0.1) is 0 Å². The van der Waals surface area contributed by atoms with E-state index in [1.165, 1.54) is 6.26 Å². The van der Waals surface area contributed by atoms with Crippen LogP contribution in [0.25, 0.3) is 11.7 Å². The number of furan rings is 1. The Balaban J connectivity index is 2.48. The molecule has 1 N–H and O–H groups in total. The van der Waals surface area contributed by atoms with Gasteiger partial charge in [0.2, 0.25) is 5.76 Å². The van der Waals surface area contributed by atoms with Gasteiger partial charge in [0.25, 0.3) is 5.89 Å². The fourth-order valence-corrected chi connectivity index (χ4v) is 1.26. The third-order valence-corrected chi connectivity index (χ3v) is 1.96. The van der Waals surface area contributed by atoms with Gasteiger partial charge in [0.1, 0.15) is 0 Å². The molecule has 0 saturated heterocycles. The topological polar surface area (TPSA) is 76.5 Å². The molecule has 2 rings (SSSR count). The highest BCUT2D eigenvalue weighted by atomic mass is 16.4. The summed E-state index contributed by atoms with van der Waals surface area (Å²) in [5.74, 6) is -0.604. The van der Waals surface area contributed by atoms with E-state index in [1.54, 1.807) is 12.1 Å². The van der Waals surface area contributed by atoms with Crippen LogP contribution in [0, 0.1) is 0 Å². The third kappa shape index (κ3) is 1.63. The number of aromatic carboxylic acids is 1. The van der Waals surface area contributed by atoms with Crippen molar-refractivity contribution in [2.24, 2.45) is 0 Å². The standard InChI is InChI=1S/C10H9NO4/c1-2-6-8(10(12)13)15-9(11-6)7-4-3-5-14-7/h3-5H,2H2,1H3,(H,12,13). The Hall–Kier alpha value is -2.04. The van der Waals surface area contributed by atoms with Gasteiger partial charge in [-0.1, -0.05) is 6.92 Å². The van der Waals surface area contributed by atoms with Gasteiger partial charge in [-0.3, -0.25) is 0 Å². The molecule has 0 aliphatic rings. The van der Waals surface area contributed by atoms with Crippen molar-refractivity contribution in [1.82, 2.24) is 4.98 Å². The normalized spacial score (nSPS) is 10.5. The van der Waals surface area contributed by atoms with Crippen LogP contribution in [0.5, 0.6) is 0 Å². The molecule has 2 aromatic rings. The summed E-state index contributed by atoms with van der Waals surface area (Å²) in [5.41, 5.74) is 0.425. The Morgan fingerprint density at radius 3 is 2.87 bits per heavy atom. The van der Waals surface area contributed by atoms with Crippen molar-refractivity contribution in [2.45, 2.75) is 13.3 Å². The maximum Gasteiger partial charge on any atom is 0.373 e. The van der Waals surface area contributed by atoms with Crippen LogP contribution < -0.4 is 0 Å². The predicted octanol–water partition coefficient (Wildman–Crippen LogP) is 2.20. The first-order valence-electron chi connectivity index (χ1n) is 4.49. The molecule has 0 spiro atoms. The predicted molar refractivity (Wildman–Crippen MR) is 50.5 cm³/mol. The van der Waals surface area contributed by atoms with Crippen LogP contribution >= 0.6 is 0 Å². The van der Waals surface area contributed by atoms with E-state index in [0.717, 1.165) is 0 Å². The molecule has 5 heteroatoms. The van der Waals surface area contributed by atoms with Gasteiger partial charge in [-0.2, -0.15) is 0 Å². The summed E-state index contributed by atoms with van der Waals surface area (Å²) < 4.78 is 10.2. The molecule has 0 bridgehead atoms. The molecule has 2 aromatic heterocycles. The molecule has 15 heavy (non-hydrogen) atoms. The molecule has 5 nitrogen and oxygen atoms in total. The van der Waals surface area contributed by atoms with E-state index in [0.29, 0.717) is 17.9 Å². The maximum absolute atomic E-state index is 10.8. The number of aryl methyl sites for hydroxylation is 1. The Bertz CT molecular complexity index is 470. The zero-order valence-electron chi connectivity index (χ0n) is 8.06. The summed E-state index contributed by atoms with van der Waals surface area (Å²) in [5, 5.41) is 8.84. The van der Waals surface area contributed by atoms with E-state index in [2.05, 4.69) is 4.98 Å². The maximum atomic E-state index is 10.8. The van der Waals surface area contributed by atoms with Gasteiger partial charge in [0.15, 0.2) is 5.76 Å². The van der Waals surface area contributed by atoms with Gasteiger partial charge in [-0.25, -0.2) is 9.78 Å². The van der Waals surface area contributed by atoms with Gasteiger partial charge in [0, 0.05) is 0 Å². The van der Waals surface area contributed by atoms with Gasteiger partial charge in [-0.05, 0) is 18.6 Å². The lowest BCUT2D eigenvalue weighted by Gasteiger charge is -1.88. The number of hydrogen-bond acceptors (Lipinski definition) is 4. The Kier molecular flexibility index (Phi) is 2.29. The van der Waals surface area contributed by atoms with Crippen LogP contribution in [0.4, 0.5) is 0 Å². The van der Waals surface area contributed by atoms with Crippen LogP contribution in [0.2, 0.25) is 0 Å². The zero-order valence-corrected chi connectivity index (χ0v) is 8.06. The summed E-state index contributed by atoms with van der Waals surface area (Å²) >= 11 is 0. The van der Waals surface area contributed by atoms with Crippen molar-refractivity contribution in [1.29, 1.82) is 0 Å². The first-order valence-corrected chi connectivity index (χ1v) is 4.49. The van der Waals surface area contributed by atoms with E-state index in [-0.39, 0.29) is 11.7 Å². The van der Waals surface area contributed by atoms with E-state index < -0.39 is 5.97 Å². The summed E-state index contributed by atoms with van der Waals surface area (Å²) in [6.45, 7) is 1.82. The minimum absolute atomic E-state index is 0.121. The lowest BCUT2D eigenvalue weighted by molar-refractivity contribution is 0.0661. The van der Waals surface area contributed by atoms with E-state index in [9.17, 15) is 4.79 Å². The highest BCUT2D eigenvalue weighted by Crippen LogP contribution is 2.22. The number of carboxylic acids is 1. The molecule has 0 aromatic carbocycles. The number of oxazole rings is 1. The van der Waals surface area contributed by atoms with Crippen LogP contribution in [0.15, 0.2) is 27.2 Å². The quantitative estimate of drug-likeness (QED) is 0.834. The van der Waals surface area contributed by atoms with Crippen molar-refractivity contribution in [2.75, 3.05) is 0 Å². The van der Waals surface area contributed by atoms with E-state index >= 15 is 0 Å². The van der Waals surface area contributed by atoms with Crippen LogP contribution in [-0.4, -0.2) is 16.1 Å². The Morgan fingerprint density at radius 1 is 1.60 bits per heavy atom. The molecule has 0 amide bonds. The third-order valence-electron chi connectivity index (χ3n) is 1.96. The molecule has 0 saturated carbocycles. The summed E-state index contributed by atoms with van der Waals surface area (Å²) in [7, 11) is 0. The molecular weight excluding hydrogens is 198 g/mol. The summed E-state index contributed by atoms with van der Waals surface area (Å²) in [4.78, 5) is 14.9. The molecule has 0 aliphatic heterocycles. The number of nitrogens with zero attached hydrogens (tertiary/aromatic N) is 1. The van der Waals surface area contributed by atoms with Gasteiger partial charge >= 0.3 is 5.97 Å². The van der Waals surface area contributed by atoms with Crippen molar-refractivity contribution < 1.29 is 18.7 Å². The molecule has 0 unspecified atom stereocenters. The lowest BCUT2D eigenvalue weighted by Crippen LogP contribution is -1.98. The van der Waals surface area contributed by atoms with Crippen molar-refractivity contribution in [3.05, 3.63) is 29.9 Å². The molecule has 0 atom stereocenters. The first kappa shape index (κ1) is 9.51.